The number of aliphatic hydroxyl groups is 1. The molecule has 1 spiro atoms. The number of nitrogens with zero attached hydrogens (tertiary/aromatic N) is 1. The number of nitrogens with one attached hydrogen (secondary N) is 1. The molecule has 1 heterocycles. The zero-order valence-corrected chi connectivity index (χ0v) is 22.1. The molecule has 0 saturated carbocycles. The Labute approximate surface area is 212 Å². The molecule has 1 amide bonds. The Kier molecular flexibility index (Phi) is 8.71. The summed E-state index contributed by atoms with van der Waals surface area (Å²) in [6.07, 6.45) is 2.22. The number of allylic oxidation sites excluding steroid dienone is 1. The van der Waals surface area contributed by atoms with Gasteiger partial charge in [0.15, 0.2) is 5.60 Å². The van der Waals surface area contributed by atoms with Crippen LogP contribution in [-0.2, 0) is 20.8 Å². The first kappa shape index (κ1) is 25.9. The highest BCUT2D eigenvalue weighted by Gasteiger charge is 2.50. The second-order valence-electron chi connectivity index (χ2n) is 8.09. The van der Waals surface area contributed by atoms with Gasteiger partial charge in [0.2, 0.25) is 0 Å². The summed E-state index contributed by atoms with van der Waals surface area (Å²) in [5.74, 6) is 1.00. The van der Waals surface area contributed by atoms with Crippen LogP contribution in [0.5, 0.6) is 5.75 Å². The fraction of sp³-hybridized carbons (Fsp3) is 0.429. The molecule has 33 heavy (non-hydrogen) atoms. The first-order chi connectivity index (χ1) is 15.7. The average molecular weight is 583 g/mol. The van der Waals surface area contributed by atoms with Crippen molar-refractivity contribution in [1.29, 1.82) is 0 Å². The van der Waals surface area contributed by atoms with Crippen LogP contribution in [0.1, 0.15) is 18.4 Å². The number of carbonyl (C=O) groups excluding carboxylic acids is 1. The molecule has 2 atom stereocenters. The highest BCUT2D eigenvalue weighted by Crippen LogP contribution is 2.43. The third kappa shape index (κ3) is 5.67. The van der Waals surface area contributed by atoms with Crippen LogP contribution in [0.25, 0.3) is 0 Å². The van der Waals surface area contributed by atoms with E-state index in [0.717, 1.165) is 23.1 Å². The van der Waals surface area contributed by atoms with E-state index >= 15 is 0 Å². The van der Waals surface area contributed by atoms with Crippen molar-refractivity contribution in [3.05, 3.63) is 38.5 Å². The van der Waals surface area contributed by atoms with Gasteiger partial charge in [-0.3, -0.25) is 4.79 Å². The molecule has 2 aliphatic rings. The maximum absolute atomic E-state index is 12.6. The maximum Gasteiger partial charge on any atom is 0.269 e. The van der Waals surface area contributed by atoms with Crippen LogP contribution in [-0.4, -0.2) is 70.9 Å². The molecule has 1 aliphatic heterocycles. The Morgan fingerprint density at radius 3 is 2.73 bits per heavy atom. The van der Waals surface area contributed by atoms with Crippen molar-refractivity contribution >= 4 is 70.1 Å². The van der Waals surface area contributed by atoms with E-state index in [0.29, 0.717) is 40.8 Å². The van der Waals surface area contributed by atoms with Crippen molar-refractivity contribution in [2.45, 2.75) is 31.0 Å². The number of nitrogens with two attached hydrogens (primary N) is 1. The number of hydrogen-bond donors (Lipinski definition) is 3. The number of hydrogen-bond acceptors (Lipinski definition) is 7. The molecule has 0 fully saturated rings. The zero-order valence-electron chi connectivity index (χ0n) is 18.9. The van der Waals surface area contributed by atoms with E-state index in [2.05, 4.69) is 54.5 Å². The topological polar surface area (TPSA) is 115 Å². The summed E-state index contributed by atoms with van der Waals surface area (Å²) in [7, 11) is 5.55. The Bertz CT molecular complexity index is 995. The summed E-state index contributed by atoms with van der Waals surface area (Å²) in [5, 5.41) is 17.5. The fourth-order valence-electron chi connectivity index (χ4n) is 3.95. The summed E-state index contributed by atoms with van der Waals surface area (Å²) in [4.78, 5) is 18.1. The molecule has 0 saturated heterocycles. The van der Waals surface area contributed by atoms with Gasteiger partial charge in [-0.15, -0.1) is 0 Å². The van der Waals surface area contributed by atoms with Crippen LogP contribution in [0.2, 0.25) is 0 Å². The molecule has 0 unspecified atom stereocenters. The van der Waals surface area contributed by atoms with E-state index < -0.39 is 11.7 Å². The predicted octanol–water partition coefficient (Wildman–Crippen LogP) is -0.989. The van der Waals surface area contributed by atoms with Gasteiger partial charge in [0.05, 0.1) is 22.7 Å². The van der Waals surface area contributed by atoms with E-state index in [4.69, 9.17) is 20.0 Å². The summed E-state index contributed by atoms with van der Waals surface area (Å²) in [6, 6.07) is 4.20. The van der Waals surface area contributed by atoms with Gasteiger partial charge in [-0.2, -0.15) is 0 Å². The van der Waals surface area contributed by atoms with Crippen LogP contribution < -0.4 is 26.7 Å². The first-order valence-electron chi connectivity index (χ1n) is 10.7. The smallest absolute Gasteiger partial charge is 0.269 e. The Hall–Kier alpha value is -1.75. The van der Waals surface area contributed by atoms with Crippen LogP contribution >= 0.6 is 31.9 Å². The fourth-order valence-corrected chi connectivity index (χ4v) is 5.74. The van der Waals surface area contributed by atoms with Gasteiger partial charge in [-0.1, -0.05) is 17.3 Å². The molecule has 12 heteroatoms. The Balaban J connectivity index is 1.48. The number of oxime groups is 1. The van der Waals surface area contributed by atoms with Gasteiger partial charge in [0.25, 0.3) is 5.91 Å². The molecule has 1 aromatic carbocycles. The number of benzene rings is 1. The molecule has 4 N–H and O–H groups in total. The van der Waals surface area contributed by atoms with Crippen molar-refractivity contribution in [1.82, 2.24) is 5.32 Å². The van der Waals surface area contributed by atoms with Gasteiger partial charge >= 0.3 is 0 Å². The van der Waals surface area contributed by atoms with Gasteiger partial charge in [-0.05, 0) is 73.8 Å². The van der Waals surface area contributed by atoms with Gasteiger partial charge in [0.1, 0.15) is 39.0 Å². The van der Waals surface area contributed by atoms with Crippen LogP contribution in [0.3, 0.4) is 0 Å². The number of halogens is 2. The lowest BCUT2D eigenvalue weighted by Gasteiger charge is -2.33. The number of methoxy groups -OCH3 is 1. The standard InChI is InChI=1S/C21H27B2Br2N3O5/c1-31-18-14(24)9-21(19(29)16(18)25)10-15(28-33-21)20(30)27-5-2-6-32-17-12(22)7-11(3-4-26)8-13(17)23/h7-9,19,29H,2-6,10,22-23,26H2,1H3,(H,27,30)/t19-,21+/m1/s1. The lowest BCUT2D eigenvalue weighted by Crippen LogP contribution is -2.45. The van der Waals surface area contributed by atoms with Gasteiger partial charge in [0, 0.05) is 13.0 Å². The molecular formula is C21H27B2Br2N3O5. The van der Waals surface area contributed by atoms with E-state index in [-0.39, 0.29) is 18.0 Å². The minimum absolute atomic E-state index is 0.130. The number of ether oxygens (including phenoxy) is 2. The van der Waals surface area contributed by atoms with E-state index in [1.807, 2.05) is 15.7 Å². The minimum atomic E-state index is -1.17. The molecule has 0 aromatic heterocycles. The average Bonchev–Trinajstić information content (AvgIpc) is 3.19. The summed E-state index contributed by atoms with van der Waals surface area (Å²) in [6.45, 7) is 1.51. The van der Waals surface area contributed by atoms with Crippen molar-refractivity contribution in [2.75, 3.05) is 26.8 Å². The Morgan fingerprint density at radius 1 is 1.39 bits per heavy atom. The summed E-state index contributed by atoms with van der Waals surface area (Å²) < 4.78 is 12.3. The monoisotopic (exact) mass is 581 g/mol. The number of amides is 1. The number of carbonyl (C=O) groups is 1. The molecular weight excluding hydrogens is 556 g/mol. The van der Waals surface area contributed by atoms with E-state index in [1.165, 1.54) is 12.7 Å². The second kappa shape index (κ2) is 11.1. The maximum atomic E-state index is 12.6. The first-order valence-corrected chi connectivity index (χ1v) is 12.3. The highest BCUT2D eigenvalue weighted by molar-refractivity contribution is 9.12. The molecule has 0 radical (unpaired) electrons. The number of rotatable bonds is 9. The van der Waals surface area contributed by atoms with Crippen LogP contribution in [0.15, 0.2) is 38.1 Å². The molecule has 176 valence electrons. The lowest BCUT2D eigenvalue weighted by molar-refractivity contribution is -0.114. The molecule has 3 rings (SSSR count). The largest absolute Gasteiger partial charge is 0.495 e. The third-order valence-corrected chi connectivity index (χ3v) is 6.93. The number of aliphatic hydroxyl groups excluding tert-OH is 1. The van der Waals surface area contributed by atoms with Crippen LogP contribution in [0.4, 0.5) is 0 Å². The van der Waals surface area contributed by atoms with Crippen LogP contribution in [0, 0.1) is 0 Å². The summed E-state index contributed by atoms with van der Waals surface area (Å²) >= 11 is 6.76. The minimum Gasteiger partial charge on any atom is -0.495 e. The van der Waals surface area contributed by atoms with Crippen molar-refractivity contribution in [3.63, 3.8) is 0 Å². The zero-order chi connectivity index (χ0) is 24.2. The van der Waals surface area contributed by atoms with Crippen molar-refractivity contribution < 1.29 is 24.2 Å². The van der Waals surface area contributed by atoms with E-state index in [1.54, 1.807) is 6.08 Å². The molecule has 1 aromatic rings. The highest BCUT2D eigenvalue weighted by atomic mass is 79.9. The predicted molar refractivity (Wildman–Crippen MR) is 141 cm³/mol. The lowest BCUT2D eigenvalue weighted by atomic mass is 9.83. The SMILES string of the molecule is Bc1cc(CCN)cc(B)c1OCCCNC(=O)C1=NO[C@@]2(C=C(Br)C(OC)=C(Br)[C@H]2O)C1. The molecule has 8 nitrogen and oxygen atoms in total. The normalized spacial score (nSPS) is 22.0. The third-order valence-electron chi connectivity index (χ3n) is 5.55. The molecule has 0 bridgehead atoms. The Morgan fingerprint density at radius 2 is 2.09 bits per heavy atom. The van der Waals surface area contributed by atoms with Crippen molar-refractivity contribution in [2.24, 2.45) is 10.9 Å². The second-order valence-corrected chi connectivity index (χ2v) is 9.80. The van der Waals surface area contributed by atoms with E-state index in [9.17, 15) is 9.90 Å². The van der Waals surface area contributed by atoms with Gasteiger partial charge < -0.3 is 30.5 Å². The molecule has 1 aliphatic carbocycles. The quantitative estimate of drug-likeness (QED) is 0.255. The summed E-state index contributed by atoms with van der Waals surface area (Å²) in [5.41, 5.74) is 8.05. The van der Waals surface area contributed by atoms with Gasteiger partial charge in [-0.25, -0.2) is 0 Å². The van der Waals surface area contributed by atoms with Crippen molar-refractivity contribution in [3.8, 4) is 5.75 Å².